The maximum atomic E-state index is 14.1. The molecule has 0 aliphatic rings. The normalized spacial score (nSPS) is 10.8. The lowest BCUT2D eigenvalue weighted by molar-refractivity contribution is 0.0679. The Morgan fingerprint density at radius 1 is 1.27 bits per heavy atom. The first-order valence-electron chi connectivity index (χ1n) is 6.07. The number of amides is 1. The first kappa shape index (κ1) is 13.8. The molecule has 0 aliphatic carbocycles. The van der Waals surface area contributed by atoms with Crippen molar-refractivity contribution in [3.63, 3.8) is 0 Å². The minimum Gasteiger partial charge on any atom is -0.461 e. The van der Waals surface area contributed by atoms with E-state index in [4.69, 9.17) is 19.8 Å². The first-order valence-corrected chi connectivity index (χ1v) is 6.07. The fraction of sp³-hybridized carbons (Fsp3) is 0. The van der Waals surface area contributed by atoms with Crippen molar-refractivity contribution in [2.45, 2.75) is 0 Å². The number of rotatable bonds is 3. The summed E-state index contributed by atoms with van der Waals surface area (Å²) in [5.74, 6) is -3.09. The molecule has 0 atom stereocenters. The van der Waals surface area contributed by atoms with Crippen LogP contribution in [0.25, 0.3) is 11.0 Å². The first-order chi connectivity index (χ1) is 10.5. The molecule has 0 aliphatic heterocycles. The van der Waals surface area contributed by atoms with Crippen molar-refractivity contribution in [2.75, 3.05) is 5.73 Å². The second kappa shape index (κ2) is 5.01. The maximum absolute atomic E-state index is 14.1. The molecule has 1 aromatic carbocycles. The highest BCUT2D eigenvalue weighted by Crippen LogP contribution is 2.34. The van der Waals surface area contributed by atoms with Crippen LogP contribution in [0.3, 0.4) is 0 Å². The monoisotopic (exact) mass is 304 g/mol. The second-order valence-electron chi connectivity index (χ2n) is 4.39. The Morgan fingerprint density at radius 2 is 2.05 bits per heavy atom. The van der Waals surface area contributed by atoms with E-state index in [1.807, 2.05) is 0 Å². The molecule has 4 N–H and O–H groups in total. The van der Waals surface area contributed by atoms with Gasteiger partial charge in [0.25, 0.3) is 0 Å². The summed E-state index contributed by atoms with van der Waals surface area (Å²) in [7, 11) is 0. The number of hydrogen-bond acceptors (Lipinski definition) is 6. The number of anilines is 1. The predicted molar refractivity (Wildman–Crippen MR) is 72.0 cm³/mol. The molecule has 0 saturated heterocycles. The van der Waals surface area contributed by atoms with E-state index in [2.05, 4.69) is 0 Å². The molecule has 0 unspecified atom stereocenters. The number of nitrogens with two attached hydrogens (primary N) is 1. The molecule has 3 aromatic rings. The third-order valence-electron chi connectivity index (χ3n) is 3.12. The van der Waals surface area contributed by atoms with E-state index in [1.165, 1.54) is 29.9 Å². The van der Waals surface area contributed by atoms with Gasteiger partial charge in [-0.2, -0.15) is 0 Å². The summed E-state index contributed by atoms with van der Waals surface area (Å²) in [6.07, 6.45) is 1.27. The van der Waals surface area contributed by atoms with Crippen LogP contribution < -0.4 is 11.2 Å². The van der Waals surface area contributed by atoms with Gasteiger partial charge in [0.1, 0.15) is 11.4 Å². The van der Waals surface area contributed by atoms with Crippen molar-refractivity contribution >= 4 is 28.3 Å². The third kappa shape index (κ3) is 1.93. The molecule has 3 rings (SSSR count). The van der Waals surface area contributed by atoms with Gasteiger partial charge in [0.15, 0.2) is 5.76 Å². The topological polar surface area (TPSA) is 119 Å². The van der Waals surface area contributed by atoms with Crippen LogP contribution in [-0.4, -0.2) is 16.9 Å². The average molecular weight is 304 g/mol. The fourth-order valence-electron chi connectivity index (χ4n) is 2.16. The van der Waals surface area contributed by atoms with Gasteiger partial charge in [-0.1, -0.05) is 0 Å². The number of furan rings is 2. The summed E-state index contributed by atoms with van der Waals surface area (Å²) >= 11 is 0. The number of benzene rings is 1. The van der Waals surface area contributed by atoms with Gasteiger partial charge in [-0.05, 0) is 24.3 Å². The highest BCUT2D eigenvalue weighted by atomic mass is 19.1. The van der Waals surface area contributed by atoms with Gasteiger partial charge >= 0.3 is 5.91 Å². The lowest BCUT2D eigenvalue weighted by Gasteiger charge is -2.02. The Hall–Kier alpha value is -3.13. The molecule has 22 heavy (non-hydrogen) atoms. The standard InChI is InChI=1S/C14H9FN2O5/c15-6-3-4-7-10(11(16)13(22-7)14(19)17-20)9(6)12(18)8-2-1-5-21-8/h1-5,20H,16H2,(H,17,19). The van der Waals surface area contributed by atoms with Gasteiger partial charge in [-0.15, -0.1) is 0 Å². The number of hydroxylamine groups is 1. The van der Waals surface area contributed by atoms with Crippen LogP contribution in [0.4, 0.5) is 10.1 Å². The minimum atomic E-state index is -1.01. The van der Waals surface area contributed by atoms with E-state index in [9.17, 15) is 14.0 Å². The molecule has 8 heteroatoms. The Labute approximate surface area is 122 Å². The van der Waals surface area contributed by atoms with Crippen LogP contribution in [-0.2, 0) is 0 Å². The molecule has 0 radical (unpaired) electrons. The van der Waals surface area contributed by atoms with Crippen molar-refractivity contribution in [1.29, 1.82) is 0 Å². The Bertz CT molecular complexity index is 882. The van der Waals surface area contributed by atoms with E-state index >= 15 is 0 Å². The lowest BCUT2D eigenvalue weighted by Crippen LogP contribution is -2.19. The van der Waals surface area contributed by atoms with Gasteiger partial charge < -0.3 is 14.6 Å². The molecule has 7 nitrogen and oxygen atoms in total. The van der Waals surface area contributed by atoms with Crippen LogP contribution >= 0.6 is 0 Å². The Kier molecular flexibility index (Phi) is 3.15. The van der Waals surface area contributed by atoms with Gasteiger partial charge in [0, 0.05) is 0 Å². The van der Waals surface area contributed by atoms with E-state index in [0.29, 0.717) is 0 Å². The number of carbonyl (C=O) groups excluding carboxylic acids is 2. The number of carbonyl (C=O) groups is 2. The zero-order chi connectivity index (χ0) is 15.9. The van der Waals surface area contributed by atoms with Gasteiger partial charge in [-0.25, -0.2) is 9.87 Å². The summed E-state index contributed by atoms with van der Waals surface area (Å²) < 4.78 is 24.3. The van der Waals surface area contributed by atoms with Crippen molar-refractivity contribution in [3.8, 4) is 0 Å². The van der Waals surface area contributed by atoms with Crippen LogP contribution in [0, 0.1) is 5.82 Å². The number of fused-ring (bicyclic) bond motifs is 1. The molecule has 0 fully saturated rings. The van der Waals surface area contributed by atoms with Crippen molar-refractivity contribution in [1.82, 2.24) is 5.48 Å². The number of nitrogen functional groups attached to an aromatic ring is 1. The van der Waals surface area contributed by atoms with Crippen LogP contribution in [0.2, 0.25) is 0 Å². The second-order valence-corrected chi connectivity index (χ2v) is 4.39. The SMILES string of the molecule is Nc1c(C(=O)NO)oc2ccc(F)c(C(=O)c3ccco3)c12. The zero-order valence-corrected chi connectivity index (χ0v) is 10.9. The Balaban J connectivity index is 2.29. The number of nitrogens with one attached hydrogen (secondary N) is 1. The molecule has 1 amide bonds. The summed E-state index contributed by atoms with van der Waals surface area (Å²) in [6, 6.07) is 5.10. The highest BCUT2D eigenvalue weighted by molar-refractivity contribution is 6.19. The predicted octanol–water partition coefficient (Wildman–Crippen LogP) is 2.10. The number of ketones is 1. The molecule has 0 bridgehead atoms. The van der Waals surface area contributed by atoms with Crippen LogP contribution in [0.1, 0.15) is 26.7 Å². The number of hydrogen-bond donors (Lipinski definition) is 3. The fourth-order valence-corrected chi connectivity index (χ4v) is 2.16. The molecular formula is C14H9FN2O5. The molecular weight excluding hydrogens is 295 g/mol. The molecule has 0 saturated carbocycles. The van der Waals surface area contributed by atoms with Gasteiger partial charge in [-0.3, -0.25) is 14.8 Å². The van der Waals surface area contributed by atoms with E-state index in [1.54, 1.807) is 0 Å². The molecule has 0 spiro atoms. The van der Waals surface area contributed by atoms with Crippen molar-refractivity contribution in [2.24, 2.45) is 0 Å². The average Bonchev–Trinajstić information content (AvgIpc) is 3.15. The minimum absolute atomic E-state index is 0.0346. The summed E-state index contributed by atoms with van der Waals surface area (Å²) in [6.45, 7) is 0. The third-order valence-corrected chi connectivity index (χ3v) is 3.12. The lowest BCUT2D eigenvalue weighted by atomic mass is 10.0. The molecule has 2 aromatic heterocycles. The van der Waals surface area contributed by atoms with E-state index in [0.717, 1.165) is 6.07 Å². The summed E-state index contributed by atoms with van der Waals surface area (Å²) in [5, 5.41) is 8.59. The highest BCUT2D eigenvalue weighted by Gasteiger charge is 2.27. The maximum Gasteiger partial charge on any atom is 0.312 e. The van der Waals surface area contributed by atoms with Gasteiger partial charge in [0.2, 0.25) is 11.5 Å². The van der Waals surface area contributed by atoms with Gasteiger partial charge in [0.05, 0.1) is 22.9 Å². The van der Waals surface area contributed by atoms with E-state index < -0.39 is 23.3 Å². The summed E-state index contributed by atoms with van der Waals surface area (Å²) in [5.41, 5.74) is 6.54. The summed E-state index contributed by atoms with van der Waals surface area (Å²) in [4.78, 5) is 23.8. The smallest absolute Gasteiger partial charge is 0.312 e. The molecule has 2 heterocycles. The van der Waals surface area contributed by atoms with Crippen molar-refractivity contribution in [3.05, 3.63) is 53.4 Å². The number of halogens is 1. The van der Waals surface area contributed by atoms with Crippen LogP contribution in [0.15, 0.2) is 39.4 Å². The van der Waals surface area contributed by atoms with Crippen molar-refractivity contribution < 1.29 is 28.0 Å². The zero-order valence-electron chi connectivity index (χ0n) is 10.9. The molecule has 112 valence electrons. The Morgan fingerprint density at radius 3 is 2.68 bits per heavy atom. The quantitative estimate of drug-likeness (QED) is 0.387. The van der Waals surface area contributed by atoms with Crippen LogP contribution in [0.5, 0.6) is 0 Å². The largest absolute Gasteiger partial charge is 0.461 e. The van der Waals surface area contributed by atoms with E-state index in [-0.39, 0.29) is 28.0 Å².